The lowest BCUT2D eigenvalue weighted by molar-refractivity contribution is 0.0689. The minimum atomic E-state index is -0.955. The predicted molar refractivity (Wildman–Crippen MR) is 67.3 cm³/mol. The van der Waals surface area contributed by atoms with E-state index in [0.29, 0.717) is 24.2 Å². The van der Waals surface area contributed by atoms with Gasteiger partial charge in [0.15, 0.2) is 0 Å². The Morgan fingerprint density at radius 1 is 1.50 bits per heavy atom. The van der Waals surface area contributed by atoms with Crippen molar-refractivity contribution in [2.75, 3.05) is 6.54 Å². The van der Waals surface area contributed by atoms with Crippen LogP contribution < -0.4 is 0 Å². The van der Waals surface area contributed by atoms with Crippen molar-refractivity contribution in [3.05, 3.63) is 23.8 Å². The number of aromatic nitrogens is 2. The summed E-state index contributed by atoms with van der Waals surface area (Å²) in [4.78, 5) is 21.3. The van der Waals surface area contributed by atoms with Gasteiger partial charge in [-0.25, -0.2) is 14.8 Å². The fraction of sp³-hybridized carbons (Fsp3) is 0.615. The second-order valence-corrected chi connectivity index (χ2v) is 5.15. The molecule has 1 fully saturated rings. The summed E-state index contributed by atoms with van der Waals surface area (Å²) in [5, 5.41) is 9.11. The van der Waals surface area contributed by atoms with Crippen molar-refractivity contribution in [1.29, 1.82) is 0 Å². The number of aromatic carboxylic acids is 1. The summed E-state index contributed by atoms with van der Waals surface area (Å²) in [5.41, 5.74) is 0.821. The van der Waals surface area contributed by atoms with Crippen molar-refractivity contribution in [1.82, 2.24) is 14.9 Å². The van der Waals surface area contributed by atoms with Crippen molar-refractivity contribution < 1.29 is 9.90 Å². The molecule has 5 nitrogen and oxygen atoms in total. The van der Waals surface area contributed by atoms with Gasteiger partial charge in [0, 0.05) is 25.3 Å². The molecule has 1 aliphatic rings. The first kappa shape index (κ1) is 13.0. The van der Waals surface area contributed by atoms with Gasteiger partial charge in [-0.3, -0.25) is 4.90 Å². The first-order chi connectivity index (χ1) is 8.58. The van der Waals surface area contributed by atoms with Gasteiger partial charge in [-0.15, -0.1) is 0 Å². The van der Waals surface area contributed by atoms with E-state index in [-0.39, 0.29) is 5.56 Å². The Hall–Kier alpha value is -1.49. The number of hydrogen-bond acceptors (Lipinski definition) is 4. The normalized spacial score (nSPS) is 25.0. The largest absolute Gasteiger partial charge is 0.478 e. The molecule has 0 aromatic carbocycles. The summed E-state index contributed by atoms with van der Waals surface area (Å²) in [6, 6.07) is 0.484. The molecule has 2 atom stereocenters. The first-order valence-corrected chi connectivity index (χ1v) is 6.34. The van der Waals surface area contributed by atoms with Crippen molar-refractivity contribution in [3.63, 3.8) is 0 Å². The summed E-state index contributed by atoms with van der Waals surface area (Å²) in [6.07, 6.45) is 5.20. The molecule has 1 aromatic heterocycles. The number of carboxylic acids is 1. The van der Waals surface area contributed by atoms with E-state index in [9.17, 15) is 4.79 Å². The SMILES string of the molecule is CC1CCC(C)N(Cc2ncncc2C(=O)O)C1. The number of nitrogens with zero attached hydrogens (tertiary/aromatic N) is 3. The van der Waals surface area contributed by atoms with E-state index in [1.54, 1.807) is 0 Å². The molecule has 0 bridgehead atoms. The van der Waals surface area contributed by atoms with E-state index in [4.69, 9.17) is 5.11 Å². The second kappa shape index (κ2) is 5.44. The third kappa shape index (κ3) is 2.85. The Bertz CT molecular complexity index is 436. The summed E-state index contributed by atoms with van der Waals surface area (Å²) in [5.74, 6) is -0.292. The summed E-state index contributed by atoms with van der Waals surface area (Å²) in [7, 11) is 0. The summed E-state index contributed by atoms with van der Waals surface area (Å²) >= 11 is 0. The molecule has 0 spiro atoms. The zero-order valence-corrected chi connectivity index (χ0v) is 10.8. The maximum Gasteiger partial charge on any atom is 0.339 e. The molecule has 1 N–H and O–H groups in total. The lowest BCUT2D eigenvalue weighted by atomic mass is 9.95. The van der Waals surface area contributed by atoms with Gasteiger partial charge in [-0.05, 0) is 25.7 Å². The van der Waals surface area contributed by atoms with Crippen LogP contribution in [0.5, 0.6) is 0 Å². The molecular formula is C13H19N3O2. The standard InChI is InChI=1S/C13H19N3O2/c1-9-3-4-10(2)16(6-9)7-12-11(13(17)18)5-14-8-15-12/h5,8-10H,3-4,6-7H2,1-2H3,(H,17,18). The van der Waals surface area contributed by atoms with Crippen LogP contribution in [0.15, 0.2) is 12.5 Å². The molecule has 0 radical (unpaired) electrons. The molecule has 5 heteroatoms. The van der Waals surface area contributed by atoms with Gasteiger partial charge in [0.1, 0.15) is 11.9 Å². The van der Waals surface area contributed by atoms with Gasteiger partial charge in [0.25, 0.3) is 0 Å². The van der Waals surface area contributed by atoms with E-state index in [1.165, 1.54) is 18.9 Å². The highest BCUT2D eigenvalue weighted by Crippen LogP contribution is 2.23. The monoisotopic (exact) mass is 249 g/mol. The molecule has 1 saturated heterocycles. The molecule has 0 saturated carbocycles. The van der Waals surface area contributed by atoms with Gasteiger partial charge < -0.3 is 5.11 Å². The van der Waals surface area contributed by atoms with Crippen molar-refractivity contribution >= 4 is 5.97 Å². The van der Waals surface area contributed by atoms with Crippen LogP contribution in [0.3, 0.4) is 0 Å². The van der Waals surface area contributed by atoms with Crippen molar-refractivity contribution in [3.8, 4) is 0 Å². The van der Waals surface area contributed by atoms with E-state index in [0.717, 1.165) is 13.0 Å². The molecule has 1 aromatic rings. The van der Waals surface area contributed by atoms with E-state index in [1.807, 2.05) is 0 Å². The fourth-order valence-corrected chi connectivity index (χ4v) is 2.45. The van der Waals surface area contributed by atoms with Crippen LogP contribution >= 0.6 is 0 Å². The minimum Gasteiger partial charge on any atom is -0.478 e. The van der Waals surface area contributed by atoms with Crippen LogP contribution in [0.25, 0.3) is 0 Å². The van der Waals surface area contributed by atoms with Gasteiger partial charge >= 0.3 is 5.97 Å². The number of hydrogen-bond donors (Lipinski definition) is 1. The van der Waals surface area contributed by atoms with Crippen LogP contribution in [0.1, 0.15) is 42.7 Å². The number of likely N-dealkylation sites (tertiary alicyclic amines) is 1. The molecule has 0 aliphatic carbocycles. The molecule has 2 heterocycles. The average Bonchev–Trinajstić information content (AvgIpc) is 2.34. The molecule has 2 unspecified atom stereocenters. The molecule has 0 amide bonds. The first-order valence-electron chi connectivity index (χ1n) is 6.34. The highest BCUT2D eigenvalue weighted by Gasteiger charge is 2.24. The zero-order valence-electron chi connectivity index (χ0n) is 10.8. The predicted octanol–water partition coefficient (Wildman–Crippen LogP) is 1.80. The minimum absolute atomic E-state index is 0.211. The number of carboxylic acid groups (broad SMARTS) is 1. The lowest BCUT2D eigenvalue weighted by Gasteiger charge is -2.36. The maximum atomic E-state index is 11.1. The van der Waals surface area contributed by atoms with Crippen LogP contribution in [-0.2, 0) is 6.54 Å². The van der Waals surface area contributed by atoms with Crippen molar-refractivity contribution in [2.24, 2.45) is 5.92 Å². The second-order valence-electron chi connectivity index (χ2n) is 5.15. The summed E-state index contributed by atoms with van der Waals surface area (Å²) < 4.78 is 0. The highest BCUT2D eigenvalue weighted by molar-refractivity contribution is 5.88. The summed E-state index contributed by atoms with van der Waals surface area (Å²) in [6.45, 7) is 6.02. The van der Waals surface area contributed by atoms with Crippen molar-refractivity contribution in [2.45, 2.75) is 39.3 Å². The zero-order chi connectivity index (χ0) is 13.1. The van der Waals surface area contributed by atoms with Gasteiger partial charge in [-0.1, -0.05) is 6.92 Å². The Kier molecular flexibility index (Phi) is 3.91. The molecule has 1 aliphatic heterocycles. The van der Waals surface area contributed by atoms with E-state index >= 15 is 0 Å². The van der Waals surface area contributed by atoms with Crippen LogP contribution in [0, 0.1) is 5.92 Å². The van der Waals surface area contributed by atoms with Crippen LogP contribution in [0.2, 0.25) is 0 Å². The fourth-order valence-electron chi connectivity index (χ4n) is 2.45. The molecule has 18 heavy (non-hydrogen) atoms. The number of piperidine rings is 1. The quantitative estimate of drug-likeness (QED) is 0.884. The van der Waals surface area contributed by atoms with E-state index < -0.39 is 5.97 Å². The third-order valence-corrected chi connectivity index (χ3v) is 3.62. The third-order valence-electron chi connectivity index (χ3n) is 3.62. The van der Waals surface area contributed by atoms with Crippen LogP contribution in [-0.4, -0.2) is 38.5 Å². The topological polar surface area (TPSA) is 66.3 Å². The Balaban J connectivity index is 2.15. The Morgan fingerprint density at radius 2 is 2.28 bits per heavy atom. The number of carbonyl (C=O) groups is 1. The van der Waals surface area contributed by atoms with E-state index in [2.05, 4.69) is 28.7 Å². The molecule has 2 rings (SSSR count). The van der Waals surface area contributed by atoms with Gasteiger partial charge in [0.2, 0.25) is 0 Å². The molecule has 98 valence electrons. The maximum absolute atomic E-state index is 11.1. The number of rotatable bonds is 3. The molecular weight excluding hydrogens is 230 g/mol. The average molecular weight is 249 g/mol. The van der Waals surface area contributed by atoms with Gasteiger partial charge in [-0.2, -0.15) is 0 Å². The highest BCUT2D eigenvalue weighted by atomic mass is 16.4. The smallest absolute Gasteiger partial charge is 0.339 e. The lowest BCUT2D eigenvalue weighted by Crippen LogP contribution is -2.40. The van der Waals surface area contributed by atoms with Gasteiger partial charge in [0.05, 0.1) is 5.69 Å². The Morgan fingerprint density at radius 3 is 3.00 bits per heavy atom. The van der Waals surface area contributed by atoms with Crippen LogP contribution in [0.4, 0.5) is 0 Å². The Labute approximate surface area is 107 Å².